The highest BCUT2D eigenvalue weighted by Gasteiger charge is 2.22. The molecule has 2 N–H and O–H groups in total. The van der Waals surface area contributed by atoms with Crippen LogP contribution in [0.3, 0.4) is 0 Å². The first-order valence-electron chi connectivity index (χ1n) is 6.63. The van der Waals surface area contributed by atoms with E-state index in [1.807, 2.05) is 26.0 Å². The van der Waals surface area contributed by atoms with Crippen LogP contribution in [0.15, 0.2) is 0 Å². The van der Waals surface area contributed by atoms with Gasteiger partial charge < -0.3 is 15.5 Å². The lowest BCUT2D eigenvalue weighted by atomic mass is 9.84. The minimum atomic E-state index is 0.285. The summed E-state index contributed by atoms with van der Waals surface area (Å²) in [5.74, 6) is 0.844. The molecule has 0 bridgehead atoms. The Morgan fingerprint density at radius 1 is 1.12 bits per heavy atom. The second-order valence-electron chi connectivity index (χ2n) is 5.60. The summed E-state index contributed by atoms with van der Waals surface area (Å²) >= 11 is 0. The largest absolute Gasteiger partial charge is 0.344 e. The van der Waals surface area contributed by atoms with Gasteiger partial charge in [-0.3, -0.25) is 4.79 Å². The fourth-order valence-electron chi connectivity index (χ4n) is 2.27. The lowest BCUT2D eigenvalue weighted by Gasteiger charge is -2.27. The molecule has 100 valence electrons. The number of rotatable bonds is 5. The van der Waals surface area contributed by atoms with Crippen LogP contribution in [-0.4, -0.2) is 56.0 Å². The molecule has 0 aromatic heterocycles. The Morgan fingerprint density at radius 2 is 1.71 bits per heavy atom. The van der Waals surface area contributed by atoms with Gasteiger partial charge in [0, 0.05) is 32.6 Å². The van der Waals surface area contributed by atoms with Gasteiger partial charge in [0.2, 0.25) is 5.91 Å². The van der Waals surface area contributed by atoms with Crippen LogP contribution < -0.4 is 5.73 Å². The molecule has 0 aliphatic heterocycles. The van der Waals surface area contributed by atoms with Crippen molar-refractivity contribution in [2.75, 3.05) is 34.2 Å². The van der Waals surface area contributed by atoms with Crippen LogP contribution in [0.25, 0.3) is 0 Å². The summed E-state index contributed by atoms with van der Waals surface area (Å²) in [5.41, 5.74) is 5.87. The normalized spacial score (nSPS) is 25.0. The smallest absolute Gasteiger partial charge is 0.222 e. The Labute approximate surface area is 105 Å². The van der Waals surface area contributed by atoms with Gasteiger partial charge >= 0.3 is 0 Å². The van der Waals surface area contributed by atoms with E-state index in [9.17, 15) is 4.79 Å². The first kappa shape index (κ1) is 14.5. The molecule has 1 saturated carbocycles. The lowest BCUT2D eigenvalue weighted by Crippen LogP contribution is -2.35. The summed E-state index contributed by atoms with van der Waals surface area (Å²) in [5, 5.41) is 0. The standard InChI is InChI=1S/C13H27N3O/c1-15(2)8-9-16(3)13(17)10-11-4-6-12(14)7-5-11/h11-12H,4-10,14H2,1-3H3. The maximum absolute atomic E-state index is 12.0. The van der Waals surface area contributed by atoms with Crippen molar-refractivity contribution in [1.29, 1.82) is 0 Å². The Bertz CT molecular complexity index is 235. The molecule has 0 aromatic carbocycles. The van der Waals surface area contributed by atoms with E-state index in [1.54, 1.807) is 0 Å². The third-order valence-electron chi connectivity index (χ3n) is 3.66. The van der Waals surface area contributed by atoms with Crippen molar-refractivity contribution in [1.82, 2.24) is 9.80 Å². The molecule has 4 nitrogen and oxygen atoms in total. The topological polar surface area (TPSA) is 49.6 Å². The van der Waals surface area contributed by atoms with E-state index in [2.05, 4.69) is 4.90 Å². The van der Waals surface area contributed by atoms with Crippen molar-refractivity contribution in [2.45, 2.75) is 38.1 Å². The van der Waals surface area contributed by atoms with Crippen LogP contribution in [-0.2, 0) is 4.79 Å². The molecule has 1 aliphatic rings. The molecule has 0 spiro atoms. The molecule has 0 saturated heterocycles. The molecule has 0 atom stereocenters. The molecule has 1 aliphatic carbocycles. The molecular weight excluding hydrogens is 214 g/mol. The Hall–Kier alpha value is -0.610. The van der Waals surface area contributed by atoms with Crippen molar-refractivity contribution >= 4 is 5.91 Å². The fraction of sp³-hybridized carbons (Fsp3) is 0.923. The quantitative estimate of drug-likeness (QED) is 0.778. The number of nitrogens with two attached hydrogens (primary N) is 1. The lowest BCUT2D eigenvalue weighted by molar-refractivity contribution is -0.131. The highest BCUT2D eigenvalue weighted by molar-refractivity contribution is 5.76. The van der Waals surface area contributed by atoms with Crippen molar-refractivity contribution < 1.29 is 4.79 Å². The van der Waals surface area contributed by atoms with E-state index in [0.29, 0.717) is 18.4 Å². The van der Waals surface area contributed by atoms with Gasteiger partial charge in [-0.25, -0.2) is 0 Å². The highest BCUT2D eigenvalue weighted by atomic mass is 16.2. The van der Waals surface area contributed by atoms with E-state index < -0.39 is 0 Å². The minimum Gasteiger partial charge on any atom is -0.344 e. The summed E-state index contributed by atoms with van der Waals surface area (Å²) in [7, 11) is 5.96. The van der Waals surface area contributed by atoms with Crippen LogP contribution in [0, 0.1) is 5.92 Å². The van der Waals surface area contributed by atoms with Crippen LogP contribution in [0.5, 0.6) is 0 Å². The Morgan fingerprint density at radius 3 is 2.24 bits per heavy atom. The summed E-state index contributed by atoms with van der Waals surface area (Å²) in [6.07, 6.45) is 5.11. The van der Waals surface area contributed by atoms with Crippen molar-refractivity contribution in [2.24, 2.45) is 11.7 Å². The maximum atomic E-state index is 12.0. The molecule has 4 heteroatoms. The SMILES string of the molecule is CN(C)CCN(C)C(=O)CC1CCC(N)CC1. The highest BCUT2D eigenvalue weighted by Crippen LogP contribution is 2.26. The van der Waals surface area contributed by atoms with Crippen molar-refractivity contribution in [3.63, 3.8) is 0 Å². The van der Waals surface area contributed by atoms with E-state index >= 15 is 0 Å². The van der Waals surface area contributed by atoms with E-state index in [0.717, 1.165) is 38.8 Å². The first-order valence-corrected chi connectivity index (χ1v) is 6.63. The van der Waals surface area contributed by atoms with E-state index in [4.69, 9.17) is 5.73 Å². The Kier molecular flexibility index (Phi) is 5.92. The van der Waals surface area contributed by atoms with Gasteiger partial charge in [0.25, 0.3) is 0 Å². The van der Waals surface area contributed by atoms with Crippen molar-refractivity contribution in [3.8, 4) is 0 Å². The number of likely N-dealkylation sites (N-methyl/N-ethyl adjacent to an activating group) is 2. The fourth-order valence-corrected chi connectivity index (χ4v) is 2.27. The summed E-state index contributed by atoms with van der Waals surface area (Å²) < 4.78 is 0. The van der Waals surface area contributed by atoms with Gasteiger partial charge in [-0.05, 0) is 45.7 Å². The van der Waals surface area contributed by atoms with Crippen LogP contribution in [0.2, 0.25) is 0 Å². The molecule has 17 heavy (non-hydrogen) atoms. The maximum Gasteiger partial charge on any atom is 0.222 e. The summed E-state index contributed by atoms with van der Waals surface area (Å²) in [6, 6.07) is 0.368. The van der Waals surface area contributed by atoms with Gasteiger partial charge in [-0.2, -0.15) is 0 Å². The van der Waals surface area contributed by atoms with Gasteiger partial charge in [-0.15, -0.1) is 0 Å². The third-order valence-corrected chi connectivity index (χ3v) is 3.66. The average molecular weight is 241 g/mol. The predicted molar refractivity (Wildman–Crippen MR) is 70.7 cm³/mol. The molecule has 1 amide bonds. The molecule has 1 rings (SSSR count). The number of hydrogen-bond acceptors (Lipinski definition) is 3. The number of nitrogens with zero attached hydrogens (tertiary/aromatic N) is 2. The monoisotopic (exact) mass is 241 g/mol. The molecule has 0 radical (unpaired) electrons. The predicted octanol–water partition coefficient (Wildman–Crippen LogP) is 0.914. The number of amides is 1. The molecule has 0 unspecified atom stereocenters. The number of carbonyl (C=O) groups excluding carboxylic acids is 1. The van der Waals surface area contributed by atoms with Crippen LogP contribution in [0.4, 0.5) is 0 Å². The minimum absolute atomic E-state index is 0.285. The van der Waals surface area contributed by atoms with E-state index in [1.165, 1.54) is 0 Å². The third kappa shape index (κ3) is 5.50. The number of hydrogen-bond donors (Lipinski definition) is 1. The molecule has 0 aromatic rings. The van der Waals surface area contributed by atoms with Gasteiger partial charge in [0.05, 0.1) is 0 Å². The van der Waals surface area contributed by atoms with Crippen LogP contribution >= 0.6 is 0 Å². The molecule has 1 fully saturated rings. The second-order valence-corrected chi connectivity index (χ2v) is 5.60. The summed E-state index contributed by atoms with van der Waals surface area (Å²) in [4.78, 5) is 15.9. The van der Waals surface area contributed by atoms with Gasteiger partial charge in [0.1, 0.15) is 0 Å². The van der Waals surface area contributed by atoms with E-state index in [-0.39, 0.29) is 5.91 Å². The zero-order valence-corrected chi connectivity index (χ0v) is 11.5. The van der Waals surface area contributed by atoms with Gasteiger partial charge in [0.15, 0.2) is 0 Å². The molecular formula is C13H27N3O. The van der Waals surface area contributed by atoms with Crippen LogP contribution in [0.1, 0.15) is 32.1 Å². The number of carbonyl (C=O) groups is 1. The average Bonchev–Trinajstić information content (AvgIpc) is 2.28. The zero-order valence-electron chi connectivity index (χ0n) is 11.5. The first-order chi connectivity index (χ1) is 7.99. The zero-order chi connectivity index (χ0) is 12.8. The molecule has 0 heterocycles. The van der Waals surface area contributed by atoms with Crippen molar-refractivity contribution in [3.05, 3.63) is 0 Å². The summed E-state index contributed by atoms with van der Waals surface area (Å²) in [6.45, 7) is 1.75. The Balaban J connectivity index is 2.23. The van der Waals surface area contributed by atoms with Gasteiger partial charge in [-0.1, -0.05) is 0 Å². The second kappa shape index (κ2) is 6.97.